The van der Waals surface area contributed by atoms with Gasteiger partial charge in [0.15, 0.2) is 0 Å². The van der Waals surface area contributed by atoms with Crippen LogP contribution in [-0.4, -0.2) is 19.4 Å². The molecule has 0 amide bonds. The Morgan fingerprint density at radius 1 is 1.19 bits per heavy atom. The molecule has 0 unspecified atom stereocenters. The van der Waals surface area contributed by atoms with Crippen LogP contribution in [0.4, 0.5) is 0 Å². The number of hydrogen-bond acceptors (Lipinski definition) is 5. The molecular weight excluding hydrogens is 290 g/mol. The molecule has 112 valence electrons. The van der Waals surface area contributed by atoms with Crippen LogP contribution in [0.1, 0.15) is 24.3 Å². The molecule has 1 aliphatic carbocycles. The average molecular weight is 307 g/mol. The highest BCUT2D eigenvalue weighted by atomic mass is 32.2. The predicted molar refractivity (Wildman–Crippen MR) is 76.8 cm³/mol. The Bertz CT molecular complexity index is 693. The van der Waals surface area contributed by atoms with Gasteiger partial charge in [0.25, 0.3) is 10.0 Å². The number of nitrogens with zero attached hydrogens (tertiary/aromatic N) is 1. The Kier molecular flexibility index (Phi) is 4.05. The minimum absolute atomic E-state index is 0.0639. The Labute approximate surface area is 123 Å². The third-order valence-corrected chi connectivity index (χ3v) is 4.49. The van der Waals surface area contributed by atoms with Gasteiger partial charge < -0.3 is 9.73 Å². The number of hydrogen-bond donors (Lipinski definition) is 2. The lowest BCUT2D eigenvalue weighted by atomic mass is 10.4. The van der Waals surface area contributed by atoms with Crippen LogP contribution in [0.2, 0.25) is 0 Å². The highest BCUT2D eigenvalue weighted by Crippen LogP contribution is 2.20. The summed E-state index contributed by atoms with van der Waals surface area (Å²) in [6, 6.07) is 9.07. The normalized spacial score (nSPS) is 15.2. The second kappa shape index (κ2) is 5.97. The van der Waals surface area contributed by atoms with Crippen molar-refractivity contribution < 1.29 is 12.8 Å². The standard InChI is InChI=1S/C14H17N3O3S/c18-21(19,17-9-12-3-1-2-8-15-12)14-7-6-13(20-14)10-16-11-4-5-11/h1-3,6-8,11,16-17H,4-5,9-10H2. The summed E-state index contributed by atoms with van der Waals surface area (Å²) in [4.78, 5) is 4.07. The van der Waals surface area contributed by atoms with Gasteiger partial charge in [-0.1, -0.05) is 6.07 Å². The zero-order chi connectivity index (χ0) is 14.7. The largest absolute Gasteiger partial charge is 0.447 e. The van der Waals surface area contributed by atoms with Crippen molar-refractivity contribution in [2.45, 2.75) is 37.1 Å². The minimum Gasteiger partial charge on any atom is -0.447 e. The summed E-state index contributed by atoms with van der Waals surface area (Å²) in [5.41, 5.74) is 0.656. The zero-order valence-corrected chi connectivity index (χ0v) is 12.3. The van der Waals surface area contributed by atoms with Crippen molar-refractivity contribution in [2.75, 3.05) is 0 Å². The molecule has 1 saturated carbocycles. The molecule has 0 atom stereocenters. The third-order valence-electron chi connectivity index (χ3n) is 3.21. The van der Waals surface area contributed by atoms with Crippen molar-refractivity contribution >= 4 is 10.0 Å². The van der Waals surface area contributed by atoms with Gasteiger partial charge in [-0.3, -0.25) is 4.98 Å². The maximum absolute atomic E-state index is 12.1. The quantitative estimate of drug-likeness (QED) is 0.808. The molecule has 0 aliphatic heterocycles. The van der Waals surface area contributed by atoms with Crippen LogP contribution in [0.3, 0.4) is 0 Å². The molecule has 1 fully saturated rings. The molecular formula is C14H17N3O3S. The fourth-order valence-corrected chi connectivity index (χ4v) is 2.82. The van der Waals surface area contributed by atoms with Crippen molar-refractivity contribution in [2.24, 2.45) is 0 Å². The van der Waals surface area contributed by atoms with Crippen LogP contribution >= 0.6 is 0 Å². The van der Waals surface area contributed by atoms with Crippen molar-refractivity contribution in [1.29, 1.82) is 0 Å². The predicted octanol–water partition coefficient (Wildman–Crippen LogP) is 1.41. The summed E-state index contributed by atoms with van der Waals surface area (Å²) < 4.78 is 32.1. The van der Waals surface area contributed by atoms with Gasteiger partial charge in [0.05, 0.1) is 18.8 Å². The van der Waals surface area contributed by atoms with Gasteiger partial charge in [-0.2, -0.15) is 0 Å². The van der Waals surface area contributed by atoms with Crippen LogP contribution in [0.5, 0.6) is 0 Å². The molecule has 2 heterocycles. The van der Waals surface area contributed by atoms with Crippen LogP contribution in [0.25, 0.3) is 0 Å². The number of pyridine rings is 1. The molecule has 6 nitrogen and oxygen atoms in total. The Morgan fingerprint density at radius 2 is 2.05 bits per heavy atom. The topological polar surface area (TPSA) is 84.2 Å². The third kappa shape index (κ3) is 3.90. The van der Waals surface area contributed by atoms with E-state index >= 15 is 0 Å². The van der Waals surface area contributed by atoms with Crippen molar-refractivity contribution in [3.05, 3.63) is 48.0 Å². The SMILES string of the molecule is O=S(=O)(NCc1ccccn1)c1ccc(CNC2CC2)o1. The van der Waals surface area contributed by atoms with Crippen molar-refractivity contribution in [1.82, 2.24) is 15.0 Å². The lowest BCUT2D eigenvalue weighted by Gasteiger charge is -2.04. The molecule has 2 N–H and O–H groups in total. The van der Waals surface area contributed by atoms with Crippen molar-refractivity contribution in [3.63, 3.8) is 0 Å². The Balaban J connectivity index is 1.61. The molecule has 0 radical (unpaired) electrons. The molecule has 2 aromatic rings. The van der Waals surface area contributed by atoms with E-state index in [-0.39, 0.29) is 11.6 Å². The molecule has 0 saturated heterocycles. The zero-order valence-electron chi connectivity index (χ0n) is 11.5. The van der Waals surface area contributed by atoms with E-state index in [4.69, 9.17) is 4.42 Å². The summed E-state index contributed by atoms with van der Waals surface area (Å²) in [6.45, 7) is 0.694. The van der Waals surface area contributed by atoms with E-state index in [0.717, 1.165) is 0 Å². The summed E-state index contributed by atoms with van der Waals surface area (Å²) >= 11 is 0. The fourth-order valence-electron chi connectivity index (χ4n) is 1.87. The number of rotatable bonds is 7. The number of nitrogens with one attached hydrogen (secondary N) is 2. The fraction of sp³-hybridized carbons (Fsp3) is 0.357. The first-order valence-electron chi connectivity index (χ1n) is 6.85. The first kappa shape index (κ1) is 14.2. The van der Waals surface area contributed by atoms with Crippen LogP contribution in [-0.2, 0) is 23.1 Å². The summed E-state index contributed by atoms with van der Waals surface area (Å²) in [7, 11) is -3.65. The molecule has 2 aromatic heterocycles. The van der Waals surface area contributed by atoms with Gasteiger partial charge >= 0.3 is 0 Å². The van der Waals surface area contributed by atoms with Gasteiger partial charge in [-0.05, 0) is 37.1 Å². The van der Waals surface area contributed by atoms with Gasteiger partial charge in [-0.25, -0.2) is 13.1 Å². The van der Waals surface area contributed by atoms with Crippen LogP contribution in [0, 0.1) is 0 Å². The van der Waals surface area contributed by atoms with E-state index in [1.54, 1.807) is 24.4 Å². The maximum atomic E-state index is 12.1. The summed E-state index contributed by atoms with van der Waals surface area (Å²) in [6.07, 6.45) is 3.98. The molecule has 0 aromatic carbocycles. The number of aromatic nitrogens is 1. The van der Waals surface area contributed by atoms with E-state index in [9.17, 15) is 8.42 Å². The highest BCUT2D eigenvalue weighted by Gasteiger charge is 2.22. The maximum Gasteiger partial charge on any atom is 0.274 e. The summed E-state index contributed by atoms with van der Waals surface area (Å²) in [5.74, 6) is 0.625. The lowest BCUT2D eigenvalue weighted by Crippen LogP contribution is -2.23. The van der Waals surface area contributed by atoms with E-state index in [1.165, 1.54) is 18.9 Å². The molecule has 1 aliphatic rings. The Morgan fingerprint density at radius 3 is 2.76 bits per heavy atom. The highest BCUT2D eigenvalue weighted by molar-refractivity contribution is 7.89. The first-order valence-corrected chi connectivity index (χ1v) is 8.33. The summed E-state index contributed by atoms with van der Waals surface area (Å²) in [5, 5.41) is 3.21. The monoisotopic (exact) mass is 307 g/mol. The minimum atomic E-state index is -3.65. The van der Waals surface area contributed by atoms with Crippen LogP contribution < -0.4 is 10.0 Å². The van der Waals surface area contributed by atoms with Crippen molar-refractivity contribution in [3.8, 4) is 0 Å². The molecule has 0 bridgehead atoms. The molecule has 21 heavy (non-hydrogen) atoms. The molecule has 7 heteroatoms. The van der Waals surface area contributed by atoms with Gasteiger partial charge in [0.1, 0.15) is 5.76 Å². The van der Waals surface area contributed by atoms with Gasteiger partial charge in [0.2, 0.25) is 5.09 Å². The number of furan rings is 1. The van der Waals surface area contributed by atoms with E-state index in [0.29, 0.717) is 24.0 Å². The second-order valence-electron chi connectivity index (χ2n) is 5.02. The van der Waals surface area contributed by atoms with E-state index in [2.05, 4.69) is 15.0 Å². The molecule has 0 spiro atoms. The Hall–Kier alpha value is -1.70. The molecule has 3 rings (SSSR count). The van der Waals surface area contributed by atoms with Gasteiger partial charge in [-0.15, -0.1) is 0 Å². The van der Waals surface area contributed by atoms with Crippen LogP contribution in [0.15, 0.2) is 46.0 Å². The van der Waals surface area contributed by atoms with Gasteiger partial charge in [0, 0.05) is 12.2 Å². The smallest absolute Gasteiger partial charge is 0.274 e. The first-order chi connectivity index (χ1) is 10.1. The average Bonchev–Trinajstić information content (AvgIpc) is 3.20. The number of sulfonamides is 1. The lowest BCUT2D eigenvalue weighted by molar-refractivity contribution is 0.399. The second-order valence-corrected chi connectivity index (χ2v) is 6.72. The van der Waals surface area contributed by atoms with E-state index < -0.39 is 10.0 Å². The van der Waals surface area contributed by atoms with E-state index in [1.807, 2.05) is 6.07 Å².